The maximum atomic E-state index is 12.4. The molecule has 6 nitrogen and oxygen atoms in total. The summed E-state index contributed by atoms with van der Waals surface area (Å²) in [7, 11) is 1.89. The number of rotatable bonds is 5. The number of guanidine groups is 1. The number of hydrogen-bond acceptors (Lipinski definition) is 3. The fourth-order valence-corrected chi connectivity index (χ4v) is 5.30. The van der Waals surface area contributed by atoms with Crippen LogP contribution >= 0.6 is 0 Å². The Morgan fingerprint density at radius 1 is 1.03 bits per heavy atom. The number of piperidine rings is 1. The maximum absolute atomic E-state index is 12.4. The minimum atomic E-state index is 0.324. The van der Waals surface area contributed by atoms with E-state index in [1.165, 1.54) is 18.4 Å². The molecule has 3 fully saturated rings. The first-order valence-corrected chi connectivity index (χ1v) is 12.2. The number of benzene rings is 1. The maximum Gasteiger partial charge on any atom is 0.225 e. The highest BCUT2D eigenvalue weighted by Gasteiger charge is 2.31. The van der Waals surface area contributed by atoms with Crippen LogP contribution in [0.2, 0.25) is 0 Å². The SMILES string of the molecule is CN=C(NCCN1CCN(C(=O)C2CCC2)CC1)N1CCC(c2ccccc2)C(C)C1. The third-order valence-electron chi connectivity index (χ3n) is 7.49. The molecule has 1 saturated carbocycles. The summed E-state index contributed by atoms with van der Waals surface area (Å²) in [5, 5.41) is 3.59. The Morgan fingerprint density at radius 2 is 1.77 bits per heavy atom. The van der Waals surface area contributed by atoms with E-state index in [0.29, 0.717) is 23.7 Å². The van der Waals surface area contributed by atoms with Crippen molar-refractivity contribution >= 4 is 11.9 Å². The summed E-state index contributed by atoms with van der Waals surface area (Å²) >= 11 is 0. The lowest BCUT2D eigenvalue weighted by molar-refractivity contribution is -0.139. The molecular formula is C25H39N5O. The molecule has 3 aliphatic rings. The summed E-state index contributed by atoms with van der Waals surface area (Å²) in [5.41, 5.74) is 1.47. The van der Waals surface area contributed by atoms with Gasteiger partial charge in [-0.15, -0.1) is 0 Å². The van der Waals surface area contributed by atoms with Gasteiger partial charge in [-0.25, -0.2) is 0 Å². The van der Waals surface area contributed by atoms with Crippen LogP contribution in [0.25, 0.3) is 0 Å². The smallest absolute Gasteiger partial charge is 0.225 e. The molecule has 0 radical (unpaired) electrons. The van der Waals surface area contributed by atoms with E-state index >= 15 is 0 Å². The van der Waals surface area contributed by atoms with Crippen molar-refractivity contribution in [2.75, 3.05) is 59.4 Å². The molecule has 1 aromatic rings. The number of hydrogen-bond donors (Lipinski definition) is 1. The lowest BCUT2D eigenvalue weighted by Crippen LogP contribution is -2.53. The van der Waals surface area contributed by atoms with Crippen molar-refractivity contribution in [3.05, 3.63) is 35.9 Å². The molecule has 170 valence electrons. The van der Waals surface area contributed by atoms with Gasteiger partial charge in [0.2, 0.25) is 5.91 Å². The van der Waals surface area contributed by atoms with E-state index in [4.69, 9.17) is 0 Å². The predicted molar refractivity (Wildman–Crippen MR) is 126 cm³/mol. The second kappa shape index (κ2) is 10.5. The first kappa shape index (κ1) is 22.1. The largest absolute Gasteiger partial charge is 0.355 e. The van der Waals surface area contributed by atoms with E-state index in [-0.39, 0.29) is 0 Å². The topological polar surface area (TPSA) is 51.2 Å². The lowest BCUT2D eigenvalue weighted by Gasteiger charge is -2.39. The first-order chi connectivity index (χ1) is 15.2. The molecule has 4 rings (SSSR count). The van der Waals surface area contributed by atoms with Gasteiger partial charge in [-0.1, -0.05) is 43.7 Å². The summed E-state index contributed by atoms with van der Waals surface area (Å²) in [6.07, 6.45) is 4.60. The molecule has 1 aliphatic carbocycles. The van der Waals surface area contributed by atoms with Gasteiger partial charge in [-0.2, -0.15) is 0 Å². The fourth-order valence-electron chi connectivity index (χ4n) is 5.30. The van der Waals surface area contributed by atoms with Crippen LogP contribution in [0.15, 0.2) is 35.3 Å². The molecule has 2 unspecified atom stereocenters. The quantitative estimate of drug-likeness (QED) is 0.582. The number of carbonyl (C=O) groups excluding carboxylic acids is 1. The highest BCUT2D eigenvalue weighted by atomic mass is 16.2. The van der Waals surface area contributed by atoms with E-state index in [1.54, 1.807) is 0 Å². The van der Waals surface area contributed by atoms with E-state index < -0.39 is 0 Å². The molecule has 2 atom stereocenters. The van der Waals surface area contributed by atoms with Crippen LogP contribution in [0.3, 0.4) is 0 Å². The van der Waals surface area contributed by atoms with Gasteiger partial charge in [-0.05, 0) is 36.7 Å². The van der Waals surface area contributed by atoms with Gasteiger partial charge < -0.3 is 15.1 Å². The van der Waals surface area contributed by atoms with Crippen LogP contribution in [0, 0.1) is 11.8 Å². The summed E-state index contributed by atoms with van der Waals surface area (Å²) in [6, 6.07) is 10.9. The Balaban J connectivity index is 1.18. The molecule has 0 bridgehead atoms. The normalized spacial score (nSPS) is 25.9. The Bertz CT molecular complexity index is 740. The second-order valence-corrected chi connectivity index (χ2v) is 9.50. The zero-order valence-corrected chi connectivity index (χ0v) is 19.3. The standard InChI is InChI=1S/C25H39N5O/c1-20-19-30(13-11-23(20)21-7-4-3-5-8-21)25(26-2)27-12-14-28-15-17-29(18-16-28)24(31)22-9-6-10-22/h3-5,7-8,20,22-23H,6,9-19H2,1-2H3,(H,26,27). The molecule has 2 heterocycles. The van der Waals surface area contributed by atoms with Gasteiger partial charge in [0.25, 0.3) is 0 Å². The minimum Gasteiger partial charge on any atom is -0.355 e. The molecule has 1 N–H and O–H groups in total. The molecule has 31 heavy (non-hydrogen) atoms. The number of likely N-dealkylation sites (tertiary alicyclic amines) is 1. The zero-order chi connectivity index (χ0) is 21.6. The van der Waals surface area contributed by atoms with Crippen molar-refractivity contribution < 1.29 is 4.79 Å². The number of piperazine rings is 1. The van der Waals surface area contributed by atoms with Crippen LogP contribution < -0.4 is 5.32 Å². The average Bonchev–Trinajstić information content (AvgIpc) is 2.76. The van der Waals surface area contributed by atoms with Gasteiger partial charge >= 0.3 is 0 Å². The highest BCUT2D eigenvalue weighted by molar-refractivity contribution is 5.80. The Hall–Kier alpha value is -2.08. The van der Waals surface area contributed by atoms with Crippen molar-refractivity contribution in [2.24, 2.45) is 16.8 Å². The van der Waals surface area contributed by atoms with Gasteiger partial charge in [0.15, 0.2) is 5.96 Å². The van der Waals surface area contributed by atoms with Gasteiger partial charge in [-0.3, -0.25) is 14.7 Å². The first-order valence-electron chi connectivity index (χ1n) is 12.2. The van der Waals surface area contributed by atoms with Gasteiger partial charge in [0, 0.05) is 65.3 Å². The van der Waals surface area contributed by atoms with Crippen molar-refractivity contribution in [2.45, 2.75) is 38.5 Å². The predicted octanol–water partition coefficient (Wildman–Crippen LogP) is 2.63. The molecule has 1 aromatic carbocycles. The van der Waals surface area contributed by atoms with Crippen LogP contribution in [0.5, 0.6) is 0 Å². The third-order valence-corrected chi connectivity index (χ3v) is 7.49. The summed E-state index contributed by atoms with van der Waals surface area (Å²) in [6.45, 7) is 10.1. The molecule has 0 aromatic heterocycles. The zero-order valence-electron chi connectivity index (χ0n) is 19.3. The Labute approximate surface area is 187 Å². The highest BCUT2D eigenvalue weighted by Crippen LogP contribution is 2.32. The van der Waals surface area contributed by atoms with Crippen LogP contribution in [-0.2, 0) is 4.79 Å². The van der Waals surface area contributed by atoms with E-state index in [9.17, 15) is 4.79 Å². The van der Waals surface area contributed by atoms with Crippen LogP contribution in [0.4, 0.5) is 0 Å². The fraction of sp³-hybridized carbons (Fsp3) is 0.680. The molecular weight excluding hydrogens is 386 g/mol. The number of aliphatic imine (C=N–C) groups is 1. The number of nitrogens with zero attached hydrogens (tertiary/aromatic N) is 4. The molecule has 6 heteroatoms. The van der Waals surface area contributed by atoms with Crippen molar-refractivity contribution in [3.8, 4) is 0 Å². The Morgan fingerprint density at radius 3 is 2.39 bits per heavy atom. The molecule has 0 spiro atoms. The molecule has 2 aliphatic heterocycles. The number of carbonyl (C=O) groups is 1. The average molecular weight is 426 g/mol. The van der Waals surface area contributed by atoms with Crippen molar-refractivity contribution in [1.29, 1.82) is 0 Å². The van der Waals surface area contributed by atoms with E-state index in [1.807, 2.05) is 7.05 Å². The number of nitrogens with one attached hydrogen (secondary N) is 1. The Kier molecular flexibility index (Phi) is 7.49. The van der Waals surface area contributed by atoms with E-state index in [2.05, 4.69) is 62.3 Å². The summed E-state index contributed by atoms with van der Waals surface area (Å²) in [4.78, 5) is 23.9. The second-order valence-electron chi connectivity index (χ2n) is 9.50. The molecule has 1 amide bonds. The van der Waals surface area contributed by atoms with Crippen LogP contribution in [0.1, 0.15) is 44.1 Å². The minimum absolute atomic E-state index is 0.324. The molecule has 2 saturated heterocycles. The lowest BCUT2D eigenvalue weighted by atomic mass is 9.82. The number of amides is 1. The monoisotopic (exact) mass is 425 g/mol. The van der Waals surface area contributed by atoms with Crippen molar-refractivity contribution in [3.63, 3.8) is 0 Å². The van der Waals surface area contributed by atoms with Gasteiger partial charge in [0.05, 0.1) is 0 Å². The summed E-state index contributed by atoms with van der Waals surface area (Å²) in [5.74, 6) is 2.99. The van der Waals surface area contributed by atoms with Crippen LogP contribution in [-0.4, -0.2) is 86.0 Å². The van der Waals surface area contributed by atoms with Crippen molar-refractivity contribution in [1.82, 2.24) is 20.0 Å². The third kappa shape index (κ3) is 5.40. The van der Waals surface area contributed by atoms with E-state index in [0.717, 1.165) is 71.2 Å². The van der Waals surface area contributed by atoms with Gasteiger partial charge in [0.1, 0.15) is 0 Å². The summed E-state index contributed by atoms with van der Waals surface area (Å²) < 4.78 is 0.